The van der Waals surface area contributed by atoms with Crippen LogP contribution in [0.15, 0.2) is 48.5 Å². The van der Waals surface area contributed by atoms with Crippen molar-refractivity contribution in [1.29, 1.82) is 0 Å². The third-order valence-electron chi connectivity index (χ3n) is 4.58. The summed E-state index contributed by atoms with van der Waals surface area (Å²) in [6.07, 6.45) is 2.29. The number of piperidine rings is 1. The molecule has 1 aliphatic rings. The van der Waals surface area contributed by atoms with Crippen molar-refractivity contribution in [3.63, 3.8) is 0 Å². The number of methoxy groups -OCH3 is 1. The number of ether oxygens (including phenoxy) is 1. The highest BCUT2D eigenvalue weighted by Gasteiger charge is 2.22. The first-order chi connectivity index (χ1) is 11.8. The summed E-state index contributed by atoms with van der Waals surface area (Å²) in [4.78, 5) is 10.4. The van der Waals surface area contributed by atoms with Gasteiger partial charge in [-0.1, -0.05) is 24.3 Å². The van der Waals surface area contributed by atoms with Crippen LogP contribution in [-0.4, -0.2) is 36.2 Å². The van der Waals surface area contributed by atoms with Crippen LogP contribution in [0, 0.1) is 0 Å². The standard InChI is InChI=1S/C19H22N4O/c1-24-18-11-5-4-10-17(18)23-12-6-7-14(13-23)20-19-21-15-8-2-3-9-16(15)22-19/h2-5,8-11,14H,6-7,12-13H2,1H3,(H2,20,21,22). The van der Waals surface area contributed by atoms with E-state index in [0.717, 1.165) is 54.3 Å². The molecule has 0 saturated carbocycles. The van der Waals surface area contributed by atoms with Crippen LogP contribution in [0.5, 0.6) is 5.75 Å². The molecule has 5 nitrogen and oxygen atoms in total. The summed E-state index contributed by atoms with van der Waals surface area (Å²) < 4.78 is 5.51. The minimum absolute atomic E-state index is 0.365. The van der Waals surface area contributed by atoms with Gasteiger partial charge in [0, 0.05) is 19.1 Å². The molecule has 1 unspecified atom stereocenters. The smallest absolute Gasteiger partial charge is 0.201 e. The van der Waals surface area contributed by atoms with Gasteiger partial charge in [-0.05, 0) is 37.1 Å². The van der Waals surface area contributed by atoms with Gasteiger partial charge in [-0.25, -0.2) is 4.98 Å². The highest BCUT2D eigenvalue weighted by Crippen LogP contribution is 2.30. The fourth-order valence-electron chi connectivity index (χ4n) is 3.42. The van der Waals surface area contributed by atoms with Crippen molar-refractivity contribution in [3.05, 3.63) is 48.5 Å². The lowest BCUT2D eigenvalue weighted by atomic mass is 10.0. The maximum atomic E-state index is 5.51. The van der Waals surface area contributed by atoms with Gasteiger partial charge in [-0.2, -0.15) is 0 Å². The van der Waals surface area contributed by atoms with Crippen LogP contribution >= 0.6 is 0 Å². The number of hydrogen-bond donors (Lipinski definition) is 2. The molecule has 2 aromatic carbocycles. The van der Waals surface area contributed by atoms with Crippen molar-refractivity contribution in [1.82, 2.24) is 9.97 Å². The highest BCUT2D eigenvalue weighted by molar-refractivity contribution is 5.77. The SMILES string of the molecule is COc1ccccc1N1CCCC(Nc2nc3ccccc3[nH]2)C1. The molecule has 1 fully saturated rings. The number of aromatic amines is 1. The van der Waals surface area contributed by atoms with E-state index in [0.29, 0.717) is 6.04 Å². The number of hydrogen-bond acceptors (Lipinski definition) is 4. The van der Waals surface area contributed by atoms with Gasteiger partial charge in [-0.15, -0.1) is 0 Å². The lowest BCUT2D eigenvalue weighted by molar-refractivity contribution is 0.411. The minimum atomic E-state index is 0.365. The molecule has 0 amide bonds. The van der Waals surface area contributed by atoms with Crippen molar-refractivity contribution in [2.45, 2.75) is 18.9 Å². The Morgan fingerprint density at radius 1 is 1.17 bits per heavy atom. The summed E-state index contributed by atoms with van der Waals surface area (Å²) in [6.45, 7) is 2.00. The quantitative estimate of drug-likeness (QED) is 0.770. The van der Waals surface area contributed by atoms with Crippen LogP contribution in [0.25, 0.3) is 11.0 Å². The van der Waals surface area contributed by atoms with Gasteiger partial charge in [-0.3, -0.25) is 0 Å². The second kappa shape index (κ2) is 6.43. The zero-order chi connectivity index (χ0) is 16.4. The van der Waals surface area contributed by atoms with Crippen molar-refractivity contribution in [2.75, 3.05) is 30.4 Å². The molecule has 0 radical (unpaired) electrons. The van der Waals surface area contributed by atoms with E-state index in [1.165, 1.54) is 0 Å². The molecule has 1 saturated heterocycles. The van der Waals surface area contributed by atoms with Gasteiger partial charge in [0.2, 0.25) is 5.95 Å². The molecule has 2 N–H and O–H groups in total. The van der Waals surface area contributed by atoms with E-state index in [4.69, 9.17) is 4.74 Å². The normalized spacial score (nSPS) is 17.9. The average molecular weight is 322 g/mol. The summed E-state index contributed by atoms with van der Waals surface area (Å²) >= 11 is 0. The molecule has 2 heterocycles. The number of nitrogens with one attached hydrogen (secondary N) is 2. The average Bonchev–Trinajstić information content (AvgIpc) is 3.04. The molecule has 5 heteroatoms. The van der Waals surface area contributed by atoms with E-state index in [1.807, 2.05) is 30.3 Å². The molecule has 0 aliphatic carbocycles. The summed E-state index contributed by atoms with van der Waals surface area (Å²) in [7, 11) is 1.73. The maximum absolute atomic E-state index is 5.51. The molecule has 24 heavy (non-hydrogen) atoms. The molecule has 0 bridgehead atoms. The molecule has 124 valence electrons. The molecule has 0 spiro atoms. The Morgan fingerprint density at radius 3 is 2.88 bits per heavy atom. The van der Waals surface area contributed by atoms with Gasteiger partial charge in [0.05, 0.1) is 23.8 Å². The number of aromatic nitrogens is 2. The Kier molecular flexibility index (Phi) is 3.99. The van der Waals surface area contributed by atoms with E-state index < -0.39 is 0 Å². The van der Waals surface area contributed by atoms with Gasteiger partial charge >= 0.3 is 0 Å². The van der Waals surface area contributed by atoms with Crippen molar-refractivity contribution < 1.29 is 4.74 Å². The van der Waals surface area contributed by atoms with Gasteiger partial charge in [0.1, 0.15) is 5.75 Å². The second-order valence-corrected chi connectivity index (χ2v) is 6.20. The van der Waals surface area contributed by atoms with Crippen LogP contribution in [0.2, 0.25) is 0 Å². The molecule has 3 aromatic rings. The lowest BCUT2D eigenvalue weighted by Crippen LogP contribution is -2.42. The summed E-state index contributed by atoms with van der Waals surface area (Å²) in [5, 5.41) is 3.56. The van der Waals surface area contributed by atoms with Crippen LogP contribution in [0.3, 0.4) is 0 Å². The molecule has 1 aromatic heterocycles. The number of benzene rings is 2. The lowest BCUT2D eigenvalue weighted by Gasteiger charge is -2.35. The van der Waals surface area contributed by atoms with E-state index in [-0.39, 0.29) is 0 Å². The Bertz CT molecular complexity index is 796. The molecule has 1 aliphatic heterocycles. The third kappa shape index (κ3) is 2.89. The van der Waals surface area contributed by atoms with Crippen molar-refractivity contribution >= 4 is 22.7 Å². The summed E-state index contributed by atoms with van der Waals surface area (Å²) in [5.74, 6) is 1.78. The van der Waals surface area contributed by atoms with Gasteiger partial charge in [0.25, 0.3) is 0 Å². The maximum Gasteiger partial charge on any atom is 0.201 e. The Balaban J connectivity index is 1.50. The number of H-pyrrole nitrogens is 1. The summed E-state index contributed by atoms with van der Waals surface area (Å²) in [6, 6.07) is 16.7. The molecule has 1 atom stereocenters. The topological polar surface area (TPSA) is 53.2 Å². The van der Waals surface area contributed by atoms with Crippen LogP contribution in [-0.2, 0) is 0 Å². The number of anilines is 2. The van der Waals surface area contributed by atoms with Crippen LogP contribution in [0.1, 0.15) is 12.8 Å². The Labute approximate surface area is 141 Å². The van der Waals surface area contributed by atoms with Gasteiger partial charge in [0.15, 0.2) is 0 Å². The molecular weight excluding hydrogens is 300 g/mol. The zero-order valence-electron chi connectivity index (χ0n) is 13.8. The predicted octanol–water partition coefficient (Wildman–Crippen LogP) is 3.65. The number of fused-ring (bicyclic) bond motifs is 1. The number of imidazole rings is 1. The van der Waals surface area contributed by atoms with Crippen molar-refractivity contribution in [2.24, 2.45) is 0 Å². The van der Waals surface area contributed by atoms with Crippen LogP contribution < -0.4 is 15.0 Å². The largest absolute Gasteiger partial charge is 0.495 e. The summed E-state index contributed by atoms with van der Waals surface area (Å²) in [5.41, 5.74) is 3.23. The highest BCUT2D eigenvalue weighted by atomic mass is 16.5. The zero-order valence-corrected chi connectivity index (χ0v) is 13.8. The fraction of sp³-hybridized carbons (Fsp3) is 0.316. The molecule has 4 rings (SSSR count). The van der Waals surface area contributed by atoms with Crippen LogP contribution in [0.4, 0.5) is 11.6 Å². The van der Waals surface area contributed by atoms with Gasteiger partial charge < -0.3 is 19.9 Å². The first-order valence-electron chi connectivity index (χ1n) is 8.43. The monoisotopic (exact) mass is 322 g/mol. The van der Waals surface area contributed by atoms with E-state index >= 15 is 0 Å². The first kappa shape index (κ1) is 14.9. The minimum Gasteiger partial charge on any atom is -0.495 e. The number of nitrogens with zero attached hydrogens (tertiary/aromatic N) is 2. The van der Waals surface area contributed by atoms with E-state index in [1.54, 1.807) is 7.11 Å². The van der Waals surface area contributed by atoms with Crippen molar-refractivity contribution in [3.8, 4) is 5.75 Å². The third-order valence-corrected chi connectivity index (χ3v) is 4.58. The molecular formula is C19H22N4O. The van der Waals surface area contributed by atoms with E-state index in [2.05, 4.69) is 38.4 Å². The Morgan fingerprint density at radius 2 is 2.00 bits per heavy atom. The fourth-order valence-corrected chi connectivity index (χ4v) is 3.42. The van der Waals surface area contributed by atoms with E-state index in [9.17, 15) is 0 Å². The first-order valence-corrected chi connectivity index (χ1v) is 8.43. The second-order valence-electron chi connectivity index (χ2n) is 6.20. The number of rotatable bonds is 4. The Hall–Kier alpha value is -2.69. The number of para-hydroxylation sites is 4. The predicted molar refractivity (Wildman–Crippen MR) is 97.9 cm³/mol.